The summed E-state index contributed by atoms with van der Waals surface area (Å²) in [5.41, 5.74) is 0.0335. The van der Waals surface area contributed by atoms with E-state index in [0.717, 1.165) is 25.0 Å². The number of hydrogen-bond acceptors (Lipinski definition) is 5. The molecule has 0 aromatic rings. The topological polar surface area (TPSA) is 66.9 Å². The molecule has 1 fully saturated rings. The lowest BCUT2D eigenvalue weighted by Gasteiger charge is -2.53. The van der Waals surface area contributed by atoms with Crippen molar-refractivity contribution in [2.24, 2.45) is 0 Å². The number of carbonyl (C=O) groups excluding carboxylic acids is 3. The molecule has 0 aromatic carbocycles. The minimum absolute atomic E-state index is 0.0167. The summed E-state index contributed by atoms with van der Waals surface area (Å²) < 4.78 is 0. The number of likely N-dealkylation sites (tertiary alicyclic amines) is 1. The quantitative estimate of drug-likeness (QED) is 0.741. The Morgan fingerprint density at radius 2 is 1.59 bits per heavy atom. The Kier molecular flexibility index (Phi) is 4.42. The van der Waals surface area contributed by atoms with Crippen LogP contribution >= 0.6 is 0 Å². The first-order valence-corrected chi connectivity index (χ1v) is 7.68. The van der Waals surface area contributed by atoms with E-state index in [9.17, 15) is 14.4 Å². The van der Waals surface area contributed by atoms with Gasteiger partial charge < -0.3 is 4.84 Å². The molecule has 0 radical (unpaired) electrons. The summed E-state index contributed by atoms with van der Waals surface area (Å²) in [6, 6.07) is 0. The number of piperidine rings is 1. The van der Waals surface area contributed by atoms with Gasteiger partial charge in [-0.3, -0.25) is 14.5 Å². The zero-order chi connectivity index (χ0) is 16.5. The maximum atomic E-state index is 11.9. The van der Waals surface area contributed by atoms with Crippen molar-refractivity contribution < 1.29 is 19.2 Å². The first-order chi connectivity index (χ1) is 10.1. The van der Waals surface area contributed by atoms with E-state index < -0.39 is 17.8 Å². The molecule has 2 heterocycles. The van der Waals surface area contributed by atoms with Gasteiger partial charge in [-0.2, -0.15) is 0 Å². The summed E-state index contributed by atoms with van der Waals surface area (Å²) in [5, 5.41) is 0.509. The lowest BCUT2D eigenvalue weighted by atomic mass is 9.80. The van der Waals surface area contributed by atoms with Gasteiger partial charge in [0.1, 0.15) is 0 Å². The third-order valence-corrected chi connectivity index (χ3v) is 4.54. The molecule has 0 aromatic heterocycles. The second-order valence-corrected chi connectivity index (χ2v) is 7.15. The second kappa shape index (κ2) is 5.83. The van der Waals surface area contributed by atoms with E-state index in [1.807, 2.05) is 0 Å². The van der Waals surface area contributed by atoms with Crippen LogP contribution in [0.3, 0.4) is 0 Å². The predicted octanol–water partition coefficient (Wildman–Crippen LogP) is 1.80. The smallest absolute Gasteiger partial charge is 0.330 e. The van der Waals surface area contributed by atoms with E-state index in [0.29, 0.717) is 11.6 Å². The van der Waals surface area contributed by atoms with Crippen molar-refractivity contribution in [1.29, 1.82) is 0 Å². The Bertz CT molecular complexity index is 488. The zero-order valence-corrected chi connectivity index (χ0v) is 13.7. The van der Waals surface area contributed by atoms with Gasteiger partial charge in [0.2, 0.25) is 0 Å². The van der Waals surface area contributed by atoms with E-state index in [4.69, 9.17) is 4.84 Å². The van der Waals surface area contributed by atoms with Gasteiger partial charge in [-0.15, -0.1) is 0 Å². The summed E-state index contributed by atoms with van der Waals surface area (Å²) in [6.07, 6.45) is 5.66. The molecular formula is C16H24N2O4. The third-order valence-electron chi connectivity index (χ3n) is 4.54. The second-order valence-electron chi connectivity index (χ2n) is 7.15. The van der Waals surface area contributed by atoms with Crippen LogP contribution in [0, 0.1) is 0 Å². The fraction of sp³-hybridized carbons (Fsp3) is 0.688. The number of imide groups is 1. The molecule has 0 bridgehead atoms. The molecule has 22 heavy (non-hydrogen) atoms. The predicted molar refractivity (Wildman–Crippen MR) is 80.4 cm³/mol. The molecule has 2 rings (SSSR count). The number of rotatable bonds is 4. The number of hydrogen-bond donors (Lipinski definition) is 0. The summed E-state index contributed by atoms with van der Waals surface area (Å²) >= 11 is 0. The Hall–Kier alpha value is -1.69. The van der Waals surface area contributed by atoms with Gasteiger partial charge in [0.05, 0.1) is 6.42 Å². The minimum atomic E-state index is -0.614. The molecule has 0 aliphatic carbocycles. The first-order valence-electron chi connectivity index (χ1n) is 7.68. The fourth-order valence-electron chi connectivity index (χ4n) is 3.48. The number of amides is 2. The van der Waals surface area contributed by atoms with Crippen molar-refractivity contribution >= 4 is 17.8 Å². The van der Waals surface area contributed by atoms with Crippen molar-refractivity contribution in [2.75, 3.05) is 6.54 Å². The van der Waals surface area contributed by atoms with Crippen LogP contribution < -0.4 is 0 Å². The van der Waals surface area contributed by atoms with Gasteiger partial charge in [-0.25, -0.2) is 4.79 Å². The molecule has 1 saturated heterocycles. The van der Waals surface area contributed by atoms with E-state index in [1.165, 1.54) is 6.42 Å². The average molecular weight is 308 g/mol. The SMILES string of the molecule is CC1(C)CCCC(C)(C)N1CCC(=O)ON1C(=O)C=CC1=O. The highest BCUT2D eigenvalue weighted by atomic mass is 16.7. The highest BCUT2D eigenvalue weighted by molar-refractivity contribution is 6.12. The molecule has 0 saturated carbocycles. The van der Waals surface area contributed by atoms with E-state index in [1.54, 1.807) is 0 Å². The maximum Gasteiger partial charge on any atom is 0.334 e. The molecule has 0 unspecified atom stereocenters. The highest BCUT2D eigenvalue weighted by Crippen LogP contribution is 2.38. The first kappa shape index (κ1) is 16.7. The van der Waals surface area contributed by atoms with Crippen molar-refractivity contribution in [3.8, 4) is 0 Å². The van der Waals surface area contributed by atoms with Gasteiger partial charge in [0.25, 0.3) is 11.8 Å². The number of hydroxylamine groups is 2. The van der Waals surface area contributed by atoms with Crippen molar-refractivity contribution in [2.45, 2.75) is 64.5 Å². The van der Waals surface area contributed by atoms with Crippen LogP contribution in [-0.2, 0) is 19.2 Å². The molecule has 2 aliphatic rings. The summed E-state index contributed by atoms with van der Waals surface area (Å²) in [7, 11) is 0. The van der Waals surface area contributed by atoms with Gasteiger partial charge in [-0.1, -0.05) is 5.06 Å². The molecule has 2 amide bonds. The largest absolute Gasteiger partial charge is 0.334 e. The van der Waals surface area contributed by atoms with E-state index in [2.05, 4.69) is 32.6 Å². The van der Waals surface area contributed by atoms with Gasteiger partial charge in [-0.05, 0) is 47.0 Å². The molecule has 0 atom stereocenters. The van der Waals surface area contributed by atoms with Gasteiger partial charge in [0, 0.05) is 29.8 Å². The minimum Gasteiger partial charge on any atom is -0.330 e. The van der Waals surface area contributed by atoms with Crippen LogP contribution in [0.2, 0.25) is 0 Å². The van der Waals surface area contributed by atoms with Crippen LogP contribution in [0.15, 0.2) is 12.2 Å². The Balaban J connectivity index is 1.92. The monoisotopic (exact) mass is 308 g/mol. The van der Waals surface area contributed by atoms with Gasteiger partial charge >= 0.3 is 5.97 Å². The molecular weight excluding hydrogens is 284 g/mol. The lowest BCUT2D eigenvalue weighted by Crippen LogP contribution is -2.59. The van der Waals surface area contributed by atoms with Gasteiger partial charge in [0.15, 0.2) is 0 Å². The summed E-state index contributed by atoms with van der Waals surface area (Å²) in [6.45, 7) is 9.25. The maximum absolute atomic E-state index is 11.9. The average Bonchev–Trinajstić information content (AvgIpc) is 2.68. The molecule has 6 heteroatoms. The highest BCUT2D eigenvalue weighted by Gasteiger charge is 2.41. The standard InChI is InChI=1S/C16H24N2O4/c1-15(2)9-5-10-16(3,4)17(15)11-8-14(21)22-18-12(19)6-7-13(18)20/h6-7H,5,8-11H2,1-4H3. The van der Waals surface area contributed by atoms with Crippen LogP contribution in [0.1, 0.15) is 53.4 Å². The van der Waals surface area contributed by atoms with E-state index in [-0.39, 0.29) is 17.5 Å². The Labute approximate surface area is 131 Å². The van der Waals surface area contributed by atoms with Crippen LogP contribution in [0.5, 0.6) is 0 Å². The molecule has 0 N–H and O–H groups in total. The zero-order valence-electron chi connectivity index (χ0n) is 13.7. The summed E-state index contributed by atoms with van der Waals surface area (Å²) in [4.78, 5) is 41.8. The van der Waals surface area contributed by atoms with Crippen molar-refractivity contribution in [1.82, 2.24) is 9.96 Å². The molecule has 0 spiro atoms. The molecule has 2 aliphatic heterocycles. The lowest BCUT2D eigenvalue weighted by molar-refractivity contribution is -0.196. The fourth-order valence-corrected chi connectivity index (χ4v) is 3.48. The summed E-state index contributed by atoms with van der Waals surface area (Å²) in [5.74, 6) is -1.79. The Morgan fingerprint density at radius 1 is 1.09 bits per heavy atom. The normalized spacial score (nSPS) is 23.9. The Morgan fingerprint density at radius 3 is 2.09 bits per heavy atom. The molecule has 122 valence electrons. The van der Waals surface area contributed by atoms with Crippen LogP contribution in [0.4, 0.5) is 0 Å². The number of carbonyl (C=O) groups is 3. The van der Waals surface area contributed by atoms with Crippen molar-refractivity contribution in [3.05, 3.63) is 12.2 Å². The van der Waals surface area contributed by atoms with E-state index >= 15 is 0 Å². The third kappa shape index (κ3) is 3.38. The van der Waals surface area contributed by atoms with Crippen LogP contribution in [0.25, 0.3) is 0 Å². The molecule has 6 nitrogen and oxygen atoms in total. The number of nitrogens with zero attached hydrogens (tertiary/aromatic N) is 2. The van der Waals surface area contributed by atoms with Crippen molar-refractivity contribution in [3.63, 3.8) is 0 Å². The van der Waals surface area contributed by atoms with Crippen LogP contribution in [-0.4, -0.2) is 45.4 Å².